The summed E-state index contributed by atoms with van der Waals surface area (Å²) in [6.45, 7) is 11.1. The summed E-state index contributed by atoms with van der Waals surface area (Å²) in [5.41, 5.74) is -0.849. The second kappa shape index (κ2) is 4.58. The molecule has 0 aliphatic carbocycles. The summed E-state index contributed by atoms with van der Waals surface area (Å²) in [5, 5.41) is 0. The third-order valence-electron chi connectivity index (χ3n) is 3.54. The van der Waals surface area contributed by atoms with E-state index in [2.05, 4.69) is 0 Å². The summed E-state index contributed by atoms with van der Waals surface area (Å²) in [5.74, 6) is -2.49. The molecule has 1 heterocycles. The van der Waals surface area contributed by atoms with E-state index in [1.165, 1.54) is 0 Å². The Morgan fingerprint density at radius 1 is 1.06 bits per heavy atom. The van der Waals surface area contributed by atoms with Crippen LogP contribution in [0, 0.1) is 17.3 Å². The minimum Gasteiger partial charge on any atom is -0.497 e. The predicted octanol–water partition coefficient (Wildman–Crippen LogP) is 4.63. The Morgan fingerprint density at radius 3 is 2.00 bits per heavy atom. The lowest BCUT2D eigenvalue weighted by molar-refractivity contribution is -0.0794. The second-order valence-corrected chi connectivity index (χ2v) is 6.14. The fourth-order valence-corrected chi connectivity index (χ4v) is 2.29. The summed E-state index contributed by atoms with van der Waals surface area (Å²) in [4.78, 5) is 0. The molecule has 100 valence electrons. The van der Waals surface area contributed by atoms with Crippen molar-refractivity contribution in [2.75, 3.05) is 6.61 Å². The summed E-state index contributed by atoms with van der Waals surface area (Å²) in [6, 6.07) is 0. The first kappa shape index (κ1) is 14.5. The minimum atomic E-state index is -2.79. The molecule has 0 spiro atoms. The Balaban J connectivity index is 3.38. The highest BCUT2D eigenvalue weighted by atomic mass is 19.3. The van der Waals surface area contributed by atoms with Gasteiger partial charge in [0, 0.05) is 16.9 Å². The highest BCUT2D eigenvalue weighted by Crippen LogP contribution is 2.50. The molecule has 0 bridgehead atoms. The second-order valence-electron chi connectivity index (χ2n) is 6.14. The molecule has 17 heavy (non-hydrogen) atoms. The summed E-state index contributed by atoms with van der Waals surface area (Å²) in [6.07, 6.45) is 0.381. The van der Waals surface area contributed by atoms with Crippen molar-refractivity contribution in [1.82, 2.24) is 0 Å². The molecule has 0 radical (unpaired) electrons. The maximum absolute atomic E-state index is 14.6. The number of halogens is 2. The Hall–Kier alpha value is -0.600. The Labute approximate surface area is 103 Å². The summed E-state index contributed by atoms with van der Waals surface area (Å²) < 4.78 is 34.9. The first-order valence-corrected chi connectivity index (χ1v) is 6.36. The van der Waals surface area contributed by atoms with Gasteiger partial charge in [0.2, 0.25) is 0 Å². The quantitative estimate of drug-likeness (QED) is 0.690. The zero-order valence-electron chi connectivity index (χ0n) is 11.7. The molecule has 0 atom stereocenters. The van der Waals surface area contributed by atoms with Crippen LogP contribution in [0.4, 0.5) is 8.78 Å². The molecule has 0 unspecified atom stereocenters. The van der Waals surface area contributed by atoms with Crippen LogP contribution in [0.5, 0.6) is 0 Å². The molecule has 0 fully saturated rings. The van der Waals surface area contributed by atoms with Gasteiger partial charge >= 0.3 is 0 Å². The van der Waals surface area contributed by atoms with Crippen molar-refractivity contribution in [1.29, 1.82) is 0 Å². The van der Waals surface area contributed by atoms with Crippen LogP contribution in [0.3, 0.4) is 0 Å². The minimum absolute atomic E-state index is 0.00664. The van der Waals surface area contributed by atoms with Crippen LogP contribution in [-0.4, -0.2) is 12.5 Å². The van der Waals surface area contributed by atoms with E-state index in [-0.39, 0.29) is 17.4 Å². The third-order valence-corrected chi connectivity index (χ3v) is 3.54. The fraction of sp³-hybridized carbons (Fsp3) is 0.857. The van der Waals surface area contributed by atoms with Crippen LogP contribution in [0.25, 0.3) is 0 Å². The summed E-state index contributed by atoms with van der Waals surface area (Å²) >= 11 is 0. The maximum Gasteiger partial charge on any atom is 0.278 e. The third kappa shape index (κ3) is 2.48. The normalized spacial score (nSPS) is 23.9. The number of rotatable bonds is 2. The van der Waals surface area contributed by atoms with Crippen molar-refractivity contribution >= 4 is 0 Å². The van der Waals surface area contributed by atoms with E-state index in [9.17, 15) is 8.78 Å². The van der Waals surface area contributed by atoms with E-state index < -0.39 is 11.3 Å². The molecule has 0 N–H and O–H groups in total. The average Bonchev–Trinajstić information content (AvgIpc) is 2.21. The van der Waals surface area contributed by atoms with Crippen LogP contribution in [0.1, 0.15) is 48.0 Å². The first-order valence-electron chi connectivity index (χ1n) is 6.36. The van der Waals surface area contributed by atoms with Gasteiger partial charge in [0.1, 0.15) is 5.76 Å². The Bertz CT molecular complexity index is 314. The molecule has 0 aromatic rings. The molecule has 1 aliphatic heterocycles. The number of allylic oxidation sites excluding steroid dienone is 2. The van der Waals surface area contributed by atoms with Crippen molar-refractivity contribution in [3.05, 3.63) is 11.3 Å². The van der Waals surface area contributed by atoms with E-state index in [0.717, 1.165) is 0 Å². The van der Waals surface area contributed by atoms with Crippen LogP contribution in [0.15, 0.2) is 11.3 Å². The van der Waals surface area contributed by atoms with Gasteiger partial charge in [-0.25, -0.2) is 8.78 Å². The molecule has 0 aromatic heterocycles. The molecule has 0 amide bonds. The fourth-order valence-electron chi connectivity index (χ4n) is 2.29. The number of hydrogen-bond donors (Lipinski definition) is 0. The predicted molar refractivity (Wildman–Crippen MR) is 66.0 cm³/mol. The lowest BCUT2D eigenvalue weighted by Gasteiger charge is -2.35. The smallest absolute Gasteiger partial charge is 0.278 e. The Kier molecular flexibility index (Phi) is 3.90. The van der Waals surface area contributed by atoms with Gasteiger partial charge in [-0.15, -0.1) is 0 Å². The van der Waals surface area contributed by atoms with E-state index in [1.54, 1.807) is 13.8 Å². The van der Waals surface area contributed by atoms with E-state index >= 15 is 0 Å². The van der Waals surface area contributed by atoms with Gasteiger partial charge in [-0.05, 0) is 12.3 Å². The molecule has 1 aliphatic rings. The van der Waals surface area contributed by atoms with Gasteiger partial charge in [-0.1, -0.05) is 41.5 Å². The standard InChI is InChI=1S/C14H24F2O/c1-9(2)11-12(10(3)4)17-8-7-13(5,6)14(11,15)16/h9-10H,7-8H2,1-6H3. The number of ether oxygens (including phenoxy) is 1. The van der Waals surface area contributed by atoms with E-state index in [4.69, 9.17) is 4.74 Å². The lowest BCUT2D eigenvalue weighted by atomic mass is 9.75. The van der Waals surface area contributed by atoms with Gasteiger partial charge in [-0.3, -0.25) is 0 Å². The van der Waals surface area contributed by atoms with Crippen molar-refractivity contribution in [3.8, 4) is 0 Å². The van der Waals surface area contributed by atoms with Gasteiger partial charge in [0.05, 0.1) is 6.61 Å². The largest absolute Gasteiger partial charge is 0.497 e. The Morgan fingerprint density at radius 2 is 1.59 bits per heavy atom. The monoisotopic (exact) mass is 246 g/mol. The molecule has 0 aromatic carbocycles. The van der Waals surface area contributed by atoms with Crippen LogP contribution >= 0.6 is 0 Å². The van der Waals surface area contributed by atoms with Crippen molar-refractivity contribution < 1.29 is 13.5 Å². The SMILES string of the molecule is CC(C)C1=C(C(C)C)C(F)(F)C(C)(C)CCO1. The molecule has 0 saturated carbocycles. The zero-order valence-corrected chi connectivity index (χ0v) is 11.7. The number of hydrogen-bond acceptors (Lipinski definition) is 1. The molecule has 1 rings (SSSR count). The van der Waals surface area contributed by atoms with Gasteiger partial charge in [-0.2, -0.15) is 0 Å². The molecular weight excluding hydrogens is 222 g/mol. The first-order chi connectivity index (χ1) is 7.61. The van der Waals surface area contributed by atoms with E-state index in [0.29, 0.717) is 18.8 Å². The molecular formula is C14H24F2O. The highest BCUT2D eigenvalue weighted by Gasteiger charge is 2.53. The number of alkyl halides is 2. The van der Waals surface area contributed by atoms with Crippen LogP contribution < -0.4 is 0 Å². The molecule has 0 saturated heterocycles. The van der Waals surface area contributed by atoms with Gasteiger partial charge < -0.3 is 4.74 Å². The van der Waals surface area contributed by atoms with Crippen LogP contribution in [0.2, 0.25) is 0 Å². The van der Waals surface area contributed by atoms with Crippen LogP contribution in [-0.2, 0) is 4.74 Å². The van der Waals surface area contributed by atoms with Crippen molar-refractivity contribution in [3.63, 3.8) is 0 Å². The summed E-state index contributed by atoms with van der Waals surface area (Å²) in [7, 11) is 0. The zero-order chi connectivity index (χ0) is 13.4. The van der Waals surface area contributed by atoms with Crippen molar-refractivity contribution in [2.45, 2.75) is 53.9 Å². The lowest BCUT2D eigenvalue weighted by Crippen LogP contribution is -2.40. The van der Waals surface area contributed by atoms with Gasteiger partial charge in [0.15, 0.2) is 0 Å². The average molecular weight is 246 g/mol. The molecule has 1 nitrogen and oxygen atoms in total. The maximum atomic E-state index is 14.6. The molecule has 3 heteroatoms. The van der Waals surface area contributed by atoms with Crippen molar-refractivity contribution in [2.24, 2.45) is 17.3 Å². The highest BCUT2D eigenvalue weighted by molar-refractivity contribution is 5.25. The van der Waals surface area contributed by atoms with Gasteiger partial charge in [0.25, 0.3) is 5.92 Å². The van der Waals surface area contributed by atoms with E-state index in [1.807, 2.05) is 27.7 Å². The topological polar surface area (TPSA) is 9.23 Å².